The summed E-state index contributed by atoms with van der Waals surface area (Å²) in [6.07, 6.45) is 0. The van der Waals surface area contributed by atoms with E-state index in [1.807, 2.05) is 0 Å². The molecule has 0 saturated heterocycles. The Morgan fingerprint density at radius 2 is 1.36 bits per heavy atom. The number of nitrogens with zero attached hydrogens (tertiary/aromatic N) is 7. The van der Waals surface area contributed by atoms with Crippen LogP contribution in [-0.2, 0) is 0 Å². The first kappa shape index (κ1) is 18.0. The van der Waals surface area contributed by atoms with Crippen molar-refractivity contribution in [2.24, 2.45) is 0 Å². The van der Waals surface area contributed by atoms with E-state index >= 15 is 0 Å². The van der Waals surface area contributed by atoms with Crippen molar-refractivity contribution in [1.29, 1.82) is 0 Å². The number of hydrogen-bond donors (Lipinski definition) is 0. The predicted molar refractivity (Wildman–Crippen MR) is 86.6 cm³/mol. The number of non-ortho nitro benzene ring substituents is 3. The van der Waals surface area contributed by atoms with Gasteiger partial charge in [0.15, 0.2) is 0 Å². The molecule has 1 aromatic heterocycles. The molecular formula is C12H5N7O9. The quantitative estimate of drug-likeness (QED) is 0.262. The molecule has 3 aromatic rings. The normalized spacial score (nSPS) is 10.7. The summed E-state index contributed by atoms with van der Waals surface area (Å²) in [6.45, 7) is 0. The fraction of sp³-hybridized carbons (Fsp3) is 0. The maximum atomic E-state index is 12.5. The topological polar surface area (TPSA) is 217 Å². The minimum absolute atomic E-state index is 0.122. The lowest BCUT2D eigenvalue weighted by molar-refractivity contribution is -0.665. The molecule has 0 unspecified atom stereocenters. The zero-order valence-electron chi connectivity index (χ0n) is 13.2. The number of fused-ring (bicyclic) bond motifs is 1. The number of nitro benzene ring substituents is 4. The lowest BCUT2D eigenvalue weighted by Crippen LogP contribution is -2.37. The van der Waals surface area contributed by atoms with Crippen LogP contribution in [0.3, 0.4) is 0 Å². The number of benzene rings is 2. The molecule has 3 rings (SSSR count). The molecule has 0 aliphatic heterocycles. The third kappa shape index (κ3) is 2.75. The summed E-state index contributed by atoms with van der Waals surface area (Å²) in [5, 5.41) is 60.3. The highest BCUT2D eigenvalue weighted by molar-refractivity contribution is 5.84. The lowest BCUT2D eigenvalue weighted by atomic mass is 10.2. The van der Waals surface area contributed by atoms with Crippen LogP contribution < -0.4 is 4.85 Å². The van der Waals surface area contributed by atoms with E-state index in [0.717, 1.165) is 18.2 Å². The van der Waals surface area contributed by atoms with E-state index in [9.17, 15) is 45.7 Å². The van der Waals surface area contributed by atoms with Gasteiger partial charge in [-0.3, -0.25) is 40.5 Å². The minimum atomic E-state index is -1.01. The monoisotopic (exact) mass is 391 g/mol. The molecule has 1 heterocycles. The minimum Gasteiger partial charge on any atom is -0.692 e. The molecule has 16 nitrogen and oxygen atoms in total. The summed E-state index contributed by atoms with van der Waals surface area (Å²) in [5.41, 5.74) is -4.81. The van der Waals surface area contributed by atoms with Crippen molar-refractivity contribution in [3.63, 3.8) is 0 Å². The van der Waals surface area contributed by atoms with Gasteiger partial charge < -0.3 is 5.21 Å². The molecule has 16 heteroatoms. The van der Waals surface area contributed by atoms with E-state index < -0.39 is 59.2 Å². The Bertz CT molecular complexity index is 1200. The van der Waals surface area contributed by atoms with Crippen molar-refractivity contribution in [3.05, 3.63) is 76.0 Å². The van der Waals surface area contributed by atoms with Gasteiger partial charge >= 0.3 is 16.9 Å². The van der Waals surface area contributed by atoms with Gasteiger partial charge in [0.05, 0.1) is 43.0 Å². The molecule has 0 saturated carbocycles. The Balaban J connectivity index is 2.37. The van der Waals surface area contributed by atoms with Gasteiger partial charge in [0.25, 0.3) is 11.4 Å². The van der Waals surface area contributed by atoms with Gasteiger partial charge in [-0.1, -0.05) is 0 Å². The van der Waals surface area contributed by atoms with Gasteiger partial charge in [0.2, 0.25) is 11.2 Å². The molecular weight excluding hydrogens is 386 g/mol. The molecule has 0 radical (unpaired) electrons. The Labute approximate surface area is 151 Å². The van der Waals surface area contributed by atoms with Gasteiger partial charge in [0.1, 0.15) is 0 Å². The van der Waals surface area contributed by atoms with Crippen molar-refractivity contribution in [3.8, 4) is 5.69 Å². The first-order chi connectivity index (χ1) is 13.1. The van der Waals surface area contributed by atoms with Crippen LogP contribution in [0.5, 0.6) is 0 Å². The van der Waals surface area contributed by atoms with Crippen molar-refractivity contribution in [2.75, 3.05) is 0 Å². The number of nitro groups is 4. The molecule has 0 atom stereocenters. The van der Waals surface area contributed by atoms with Gasteiger partial charge in [-0.15, -0.1) is 4.85 Å². The first-order valence-corrected chi connectivity index (χ1v) is 7.00. The molecule has 28 heavy (non-hydrogen) atoms. The number of hydrogen-bond acceptors (Lipinski definition) is 10. The van der Waals surface area contributed by atoms with E-state index in [0.29, 0.717) is 16.9 Å². The molecule has 0 bridgehead atoms. The molecule has 0 aliphatic carbocycles. The van der Waals surface area contributed by atoms with Gasteiger partial charge in [-0.25, -0.2) is 0 Å². The average molecular weight is 391 g/mol. The SMILES string of the molecule is O=[N+]([O-])c1ccc(-n2nc3c([N+](=O)[O-])cc([N+](=O)[O-])cc3[n+]2[O-])c([N+](=O)[O-])c1. The molecule has 0 spiro atoms. The molecule has 0 N–H and O–H groups in total. The summed E-state index contributed by atoms with van der Waals surface area (Å²) in [4.78, 5) is 40.5. The smallest absolute Gasteiger partial charge is 0.334 e. The lowest BCUT2D eigenvalue weighted by Gasteiger charge is -2.04. The number of aromatic nitrogens is 3. The third-order valence-corrected chi connectivity index (χ3v) is 3.62. The van der Waals surface area contributed by atoms with Crippen LogP contribution in [0.25, 0.3) is 16.7 Å². The number of rotatable bonds is 5. The second kappa shape index (κ2) is 6.20. The average Bonchev–Trinajstić information content (AvgIpc) is 2.96. The highest BCUT2D eigenvalue weighted by Gasteiger charge is 2.33. The van der Waals surface area contributed by atoms with Crippen LogP contribution in [0.15, 0.2) is 30.3 Å². The third-order valence-electron chi connectivity index (χ3n) is 3.62. The fourth-order valence-corrected chi connectivity index (χ4v) is 2.41. The van der Waals surface area contributed by atoms with Crippen molar-refractivity contribution < 1.29 is 24.5 Å². The Morgan fingerprint density at radius 3 is 1.89 bits per heavy atom. The van der Waals surface area contributed by atoms with Crippen molar-refractivity contribution in [1.82, 2.24) is 9.90 Å². The van der Waals surface area contributed by atoms with E-state index in [2.05, 4.69) is 5.10 Å². The van der Waals surface area contributed by atoms with E-state index in [1.165, 1.54) is 0 Å². The Morgan fingerprint density at radius 1 is 0.786 bits per heavy atom. The summed E-state index contributed by atoms with van der Waals surface area (Å²) >= 11 is 0. The highest BCUT2D eigenvalue weighted by atomic mass is 16.6. The van der Waals surface area contributed by atoms with Crippen LogP contribution in [0, 0.1) is 45.7 Å². The van der Waals surface area contributed by atoms with Gasteiger partial charge in [0, 0.05) is 10.9 Å². The molecule has 0 amide bonds. The van der Waals surface area contributed by atoms with Crippen LogP contribution in [-0.4, -0.2) is 29.6 Å². The molecule has 0 aliphatic rings. The standard InChI is InChI=1S/C12H5N7O9/c20-15-10-4-7(17(23)24)5-11(19(27)28)12(10)13-14(15)8-2-1-6(16(21)22)3-9(8)18(25)26/h1-5H. The maximum Gasteiger partial charge on any atom is 0.334 e. The Hall–Kier alpha value is -4.76. The van der Waals surface area contributed by atoms with Crippen molar-refractivity contribution in [2.45, 2.75) is 0 Å². The summed E-state index contributed by atoms with van der Waals surface area (Å²) in [7, 11) is 0. The zero-order valence-corrected chi connectivity index (χ0v) is 13.2. The highest BCUT2D eigenvalue weighted by Crippen LogP contribution is 2.31. The summed E-state index contributed by atoms with van der Waals surface area (Å²) in [5.74, 6) is 0. The zero-order chi connectivity index (χ0) is 20.7. The van der Waals surface area contributed by atoms with Crippen LogP contribution in [0.1, 0.15) is 0 Å². The molecule has 142 valence electrons. The van der Waals surface area contributed by atoms with Gasteiger partial charge in [-0.2, -0.15) is 0 Å². The fourth-order valence-electron chi connectivity index (χ4n) is 2.41. The first-order valence-electron chi connectivity index (χ1n) is 7.00. The molecule has 2 aromatic carbocycles. The maximum absolute atomic E-state index is 12.5. The summed E-state index contributed by atoms with van der Waals surface area (Å²) < 4.78 is 0. The molecule has 0 fully saturated rings. The van der Waals surface area contributed by atoms with Gasteiger partial charge in [-0.05, 0) is 6.07 Å². The summed E-state index contributed by atoms with van der Waals surface area (Å²) in [6, 6.07) is 3.61. The van der Waals surface area contributed by atoms with E-state index in [-0.39, 0.29) is 4.85 Å². The van der Waals surface area contributed by atoms with Crippen LogP contribution >= 0.6 is 0 Å². The second-order valence-corrected chi connectivity index (χ2v) is 5.20. The van der Waals surface area contributed by atoms with Crippen molar-refractivity contribution >= 4 is 33.8 Å². The van der Waals surface area contributed by atoms with E-state index in [1.54, 1.807) is 0 Å². The van der Waals surface area contributed by atoms with Crippen LogP contribution in [0.2, 0.25) is 0 Å². The predicted octanol–water partition coefficient (Wildman–Crippen LogP) is 1.29. The van der Waals surface area contributed by atoms with Crippen LogP contribution in [0.4, 0.5) is 22.7 Å². The Kier molecular flexibility index (Phi) is 3.99. The van der Waals surface area contributed by atoms with E-state index in [4.69, 9.17) is 0 Å². The second-order valence-electron chi connectivity index (χ2n) is 5.20. The largest absolute Gasteiger partial charge is 0.692 e.